The Hall–Kier alpha value is -0.770. The average molecular weight is 157 g/mol. The third kappa shape index (κ3) is 2.76. The lowest BCUT2D eigenvalue weighted by molar-refractivity contribution is 0.0204. The van der Waals surface area contributed by atoms with Crippen molar-refractivity contribution >= 4 is 5.96 Å². The fraction of sp³-hybridized carbons (Fsp3) is 0.857. The van der Waals surface area contributed by atoms with Gasteiger partial charge in [-0.2, -0.15) is 0 Å². The van der Waals surface area contributed by atoms with E-state index in [1.165, 1.54) is 0 Å². The van der Waals surface area contributed by atoms with Crippen LogP contribution < -0.4 is 11.5 Å². The second kappa shape index (κ2) is 3.57. The number of rotatable bonds is 1. The number of nitrogens with zero attached hydrogens (tertiary/aromatic N) is 1. The van der Waals surface area contributed by atoms with Gasteiger partial charge in [-0.05, 0) is 19.8 Å². The van der Waals surface area contributed by atoms with Gasteiger partial charge in [-0.3, -0.25) is 4.99 Å². The molecule has 0 amide bonds. The fourth-order valence-corrected chi connectivity index (χ4v) is 1.30. The second-order valence-corrected chi connectivity index (χ2v) is 2.91. The van der Waals surface area contributed by atoms with Crippen molar-refractivity contribution in [1.29, 1.82) is 0 Å². The zero-order valence-electron chi connectivity index (χ0n) is 6.79. The van der Waals surface area contributed by atoms with E-state index in [-0.39, 0.29) is 18.1 Å². The first kappa shape index (κ1) is 8.33. The summed E-state index contributed by atoms with van der Waals surface area (Å²) in [6.45, 7) is 2.80. The van der Waals surface area contributed by atoms with Crippen LogP contribution in [0.25, 0.3) is 0 Å². The van der Waals surface area contributed by atoms with Gasteiger partial charge in [0.25, 0.3) is 0 Å². The lowest BCUT2D eigenvalue weighted by Gasteiger charge is -2.24. The summed E-state index contributed by atoms with van der Waals surface area (Å²) >= 11 is 0. The highest BCUT2D eigenvalue weighted by atomic mass is 16.5. The first-order chi connectivity index (χ1) is 5.18. The smallest absolute Gasteiger partial charge is 0.186 e. The quantitative estimate of drug-likeness (QED) is 0.410. The standard InChI is InChI=1S/C7H15N3O/c1-5-4-6(2-3-11-5)10-7(8)9/h5-6H,2-4H2,1H3,(H4,8,9,10). The Morgan fingerprint density at radius 1 is 1.55 bits per heavy atom. The lowest BCUT2D eigenvalue weighted by atomic mass is 10.1. The molecule has 1 heterocycles. The molecule has 1 fully saturated rings. The maximum absolute atomic E-state index is 5.34. The van der Waals surface area contributed by atoms with Gasteiger partial charge in [-0.25, -0.2) is 0 Å². The van der Waals surface area contributed by atoms with Crippen molar-refractivity contribution in [1.82, 2.24) is 0 Å². The zero-order valence-corrected chi connectivity index (χ0v) is 6.79. The van der Waals surface area contributed by atoms with Crippen LogP contribution in [0, 0.1) is 0 Å². The van der Waals surface area contributed by atoms with Crippen LogP contribution in [-0.2, 0) is 4.74 Å². The van der Waals surface area contributed by atoms with E-state index in [0.29, 0.717) is 0 Å². The van der Waals surface area contributed by atoms with Crippen LogP contribution in [0.1, 0.15) is 19.8 Å². The van der Waals surface area contributed by atoms with Crippen molar-refractivity contribution in [2.45, 2.75) is 31.9 Å². The monoisotopic (exact) mass is 157 g/mol. The molecule has 0 aromatic rings. The van der Waals surface area contributed by atoms with E-state index >= 15 is 0 Å². The van der Waals surface area contributed by atoms with Gasteiger partial charge in [-0.1, -0.05) is 0 Å². The minimum atomic E-state index is 0.184. The molecule has 0 aromatic carbocycles. The molecule has 4 N–H and O–H groups in total. The normalized spacial score (nSPS) is 31.4. The molecule has 11 heavy (non-hydrogen) atoms. The molecule has 1 aliphatic rings. The van der Waals surface area contributed by atoms with Crippen molar-refractivity contribution in [3.05, 3.63) is 0 Å². The highest BCUT2D eigenvalue weighted by Gasteiger charge is 2.18. The Morgan fingerprint density at radius 2 is 2.27 bits per heavy atom. The van der Waals surface area contributed by atoms with Gasteiger partial charge in [-0.15, -0.1) is 0 Å². The van der Waals surface area contributed by atoms with Crippen LogP contribution in [0.3, 0.4) is 0 Å². The van der Waals surface area contributed by atoms with E-state index in [4.69, 9.17) is 16.2 Å². The summed E-state index contributed by atoms with van der Waals surface area (Å²) in [6.07, 6.45) is 2.15. The van der Waals surface area contributed by atoms with E-state index in [9.17, 15) is 0 Å². The predicted molar refractivity (Wildman–Crippen MR) is 44.2 cm³/mol. The van der Waals surface area contributed by atoms with Gasteiger partial charge < -0.3 is 16.2 Å². The van der Waals surface area contributed by atoms with E-state index in [2.05, 4.69) is 4.99 Å². The van der Waals surface area contributed by atoms with E-state index in [1.54, 1.807) is 0 Å². The van der Waals surface area contributed by atoms with Crippen molar-refractivity contribution < 1.29 is 4.74 Å². The maximum Gasteiger partial charge on any atom is 0.186 e. The summed E-state index contributed by atoms with van der Waals surface area (Å²) in [4.78, 5) is 4.08. The highest BCUT2D eigenvalue weighted by Crippen LogP contribution is 2.15. The molecule has 0 saturated carbocycles. The van der Waals surface area contributed by atoms with Gasteiger partial charge in [0.1, 0.15) is 0 Å². The number of aliphatic imine (C=N–C) groups is 1. The molecule has 0 aromatic heterocycles. The summed E-state index contributed by atoms with van der Waals surface area (Å²) in [5, 5.41) is 0. The number of hydrogen-bond donors (Lipinski definition) is 2. The first-order valence-electron chi connectivity index (χ1n) is 3.89. The Morgan fingerprint density at radius 3 is 2.82 bits per heavy atom. The molecular formula is C7H15N3O. The SMILES string of the molecule is CC1CC(N=C(N)N)CCO1. The largest absolute Gasteiger partial charge is 0.378 e. The molecular weight excluding hydrogens is 142 g/mol. The molecule has 2 unspecified atom stereocenters. The summed E-state index contributed by atoms with van der Waals surface area (Å²) in [5.74, 6) is 0.184. The molecule has 0 bridgehead atoms. The maximum atomic E-state index is 5.34. The molecule has 1 saturated heterocycles. The molecule has 0 radical (unpaired) electrons. The van der Waals surface area contributed by atoms with Crippen LogP contribution in [0.15, 0.2) is 4.99 Å². The van der Waals surface area contributed by atoms with Crippen LogP contribution >= 0.6 is 0 Å². The van der Waals surface area contributed by atoms with Gasteiger partial charge in [0.15, 0.2) is 5.96 Å². The second-order valence-electron chi connectivity index (χ2n) is 2.91. The van der Waals surface area contributed by atoms with E-state index < -0.39 is 0 Å². The van der Waals surface area contributed by atoms with Gasteiger partial charge in [0.2, 0.25) is 0 Å². The van der Waals surface area contributed by atoms with Gasteiger partial charge >= 0.3 is 0 Å². The van der Waals surface area contributed by atoms with Crippen molar-refractivity contribution in [3.63, 3.8) is 0 Å². The number of hydrogen-bond acceptors (Lipinski definition) is 2. The summed E-state index contributed by atoms with van der Waals surface area (Å²) in [5.41, 5.74) is 10.5. The van der Waals surface area contributed by atoms with Crippen LogP contribution in [-0.4, -0.2) is 24.7 Å². The number of ether oxygens (including phenoxy) is 1. The van der Waals surface area contributed by atoms with E-state index in [0.717, 1.165) is 19.4 Å². The molecule has 1 rings (SSSR count). The lowest BCUT2D eigenvalue weighted by Crippen LogP contribution is -2.30. The highest BCUT2D eigenvalue weighted by molar-refractivity contribution is 5.75. The first-order valence-corrected chi connectivity index (χ1v) is 3.89. The summed E-state index contributed by atoms with van der Waals surface area (Å²) in [6, 6.07) is 0.267. The van der Waals surface area contributed by atoms with E-state index in [1.807, 2.05) is 6.92 Å². The number of guanidine groups is 1. The predicted octanol–water partition coefficient (Wildman–Crippen LogP) is -0.173. The molecule has 0 aliphatic carbocycles. The molecule has 1 aliphatic heterocycles. The summed E-state index contributed by atoms with van der Waals surface area (Å²) in [7, 11) is 0. The number of nitrogens with two attached hydrogens (primary N) is 2. The van der Waals surface area contributed by atoms with Gasteiger partial charge in [0.05, 0.1) is 12.1 Å². The Kier molecular flexibility index (Phi) is 2.70. The molecule has 4 heteroatoms. The zero-order chi connectivity index (χ0) is 8.27. The Balaban J connectivity index is 2.40. The minimum absolute atomic E-state index is 0.184. The third-order valence-corrected chi connectivity index (χ3v) is 1.79. The molecule has 0 spiro atoms. The van der Waals surface area contributed by atoms with Gasteiger partial charge in [0, 0.05) is 6.61 Å². The molecule has 4 nitrogen and oxygen atoms in total. The van der Waals surface area contributed by atoms with Crippen LogP contribution in [0.2, 0.25) is 0 Å². The molecule has 2 atom stereocenters. The van der Waals surface area contributed by atoms with Crippen molar-refractivity contribution in [2.75, 3.05) is 6.61 Å². The third-order valence-electron chi connectivity index (χ3n) is 1.79. The average Bonchev–Trinajstić information content (AvgIpc) is 1.85. The van der Waals surface area contributed by atoms with Crippen molar-refractivity contribution in [2.24, 2.45) is 16.5 Å². The molecule has 64 valence electrons. The minimum Gasteiger partial charge on any atom is -0.378 e. The van der Waals surface area contributed by atoms with Crippen LogP contribution in [0.4, 0.5) is 0 Å². The van der Waals surface area contributed by atoms with Crippen molar-refractivity contribution in [3.8, 4) is 0 Å². The summed E-state index contributed by atoms with van der Waals surface area (Å²) < 4.78 is 5.34. The topological polar surface area (TPSA) is 73.6 Å². The Labute approximate surface area is 66.6 Å². The Bertz CT molecular complexity index is 154. The van der Waals surface area contributed by atoms with Crippen LogP contribution in [0.5, 0.6) is 0 Å². The fourth-order valence-electron chi connectivity index (χ4n) is 1.30.